The lowest BCUT2D eigenvalue weighted by Crippen LogP contribution is -2.45. The van der Waals surface area contributed by atoms with Crippen molar-refractivity contribution in [3.8, 4) is 0 Å². The summed E-state index contributed by atoms with van der Waals surface area (Å²) < 4.78 is 17.6. The second kappa shape index (κ2) is 11.4. The Bertz CT molecular complexity index is 326. The summed E-state index contributed by atoms with van der Waals surface area (Å²) in [5, 5.41) is 4.40. The van der Waals surface area contributed by atoms with Gasteiger partial charge in [0.15, 0.2) is 0 Å². The molecule has 0 unspecified atom stereocenters. The summed E-state index contributed by atoms with van der Waals surface area (Å²) in [5.74, 6) is 0. The predicted molar refractivity (Wildman–Crippen MR) is 91.9 cm³/mol. The summed E-state index contributed by atoms with van der Waals surface area (Å²) in [6, 6.07) is 3.17. The molecule has 0 aliphatic carbocycles. The Balaban J connectivity index is 2.22. The van der Waals surface area contributed by atoms with Crippen LogP contribution < -0.4 is 0 Å². The van der Waals surface area contributed by atoms with Crippen molar-refractivity contribution in [2.45, 2.75) is 58.9 Å². The first kappa shape index (κ1) is 18.8. The summed E-state index contributed by atoms with van der Waals surface area (Å²) in [6.45, 7) is 8.06. The largest absolute Gasteiger partial charge is 0.500 e. The van der Waals surface area contributed by atoms with Crippen molar-refractivity contribution in [1.82, 2.24) is 0 Å². The Labute approximate surface area is 135 Å². The first-order valence-electron chi connectivity index (χ1n) is 8.19. The van der Waals surface area contributed by atoms with Gasteiger partial charge in [0.25, 0.3) is 0 Å². The number of hydrogen-bond acceptors (Lipinski definition) is 4. The van der Waals surface area contributed by atoms with Gasteiger partial charge in [0.05, 0.1) is 0 Å². The lowest BCUT2D eigenvalue weighted by Gasteiger charge is -2.28. The zero-order valence-electron chi connectivity index (χ0n) is 13.7. The molecule has 1 heterocycles. The molecule has 5 heteroatoms. The third-order valence-corrected chi connectivity index (χ3v) is 7.25. The zero-order chi connectivity index (χ0) is 15.4. The topological polar surface area (TPSA) is 27.7 Å². The second-order valence-electron chi connectivity index (χ2n) is 5.03. The van der Waals surface area contributed by atoms with E-state index < -0.39 is 8.80 Å². The smallest absolute Gasteiger partial charge is 0.374 e. The van der Waals surface area contributed by atoms with E-state index in [4.69, 9.17) is 13.3 Å². The SMILES string of the molecule is CCO[Si](CCCCCCc1ccsc1)(OCC)OCC. The zero-order valence-corrected chi connectivity index (χ0v) is 15.5. The van der Waals surface area contributed by atoms with Crippen LogP contribution in [-0.2, 0) is 19.7 Å². The van der Waals surface area contributed by atoms with Crippen LogP contribution in [0.3, 0.4) is 0 Å². The number of unbranched alkanes of at least 4 members (excludes halogenated alkanes) is 3. The first-order valence-corrected chi connectivity index (χ1v) is 11.1. The van der Waals surface area contributed by atoms with Crippen LogP contribution in [0.2, 0.25) is 6.04 Å². The standard InChI is InChI=1S/C16H30O3SSi/c1-4-17-21(18-5-2,19-6-3)14-10-8-7-9-11-16-12-13-20-15-16/h12-13,15H,4-11,14H2,1-3H3. The molecule has 21 heavy (non-hydrogen) atoms. The van der Waals surface area contributed by atoms with Crippen LogP contribution in [0.5, 0.6) is 0 Å². The van der Waals surface area contributed by atoms with Crippen molar-refractivity contribution in [3.05, 3.63) is 22.4 Å². The van der Waals surface area contributed by atoms with E-state index in [1.807, 2.05) is 20.8 Å². The molecule has 1 aromatic rings. The van der Waals surface area contributed by atoms with Crippen LogP contribution in [-0.4, -0.2) is 28.6 Å². The Morgan fingerprint density at radius 3 is 2.05 bits per heavy atom. The van der Waals surface area contributed by atoms with Gasteiger partial charge in [-0.3, -0.25) is 0 Å². The van der Waals surface area contributed by atoms with Gasteiger partial charge in [-0.2, -0.15) is 11.3 Å². The van der Waals surface area contributed by atoms with Crippen molar-refractivity contribution < 1.29 is 13.3 Å². The minimum absolute atomic E-state index is 0.671. The van der Waals surface area contributed by atoms with Gasteiger partial charge < -0.3 is 13.3 Å². The normalized spacial score (nSPS) is 12.0. The minimum atomic E-state index is -2.41. The Kier molecular flexibility index (Phi) is 10.2. The highest BCUT2D eigenvalue weighted by Gasteiger charge is 2.39. The number of aryl methyl sites for hydroxylation is 1. The minimum Gasteiger partial charge on any atom is -0.374 e. The van der Waals surface area contributed by atoms with Gasteiger partial charge in [-0.05, 0) is 62.4 Å². The molecule has 0 fully saturated rings. The maximum absolute atomic E-state index is 5.87. The van der Waals surface area contributed by atoms with Crippen molar-refractivity contribution in [2.24, 2.45) is 0 Å². The molecule has 0 atom stereocenters. The van der Waals surface area contributed by atoms with Gasteiger partial charge in [0, 0.05) is 25.9 Å². The van der Waals surface area contributed by atoms with E-state index in [1.54, 1.807) is 11.3 Å². The molecule has 0 saturated carbocycles. The summed E-state index contributed by atoms with van der Waals surface area (Å²) in [4.78, 5) is 0. The van der Waals surface area contributed by atoms with Crippen LogP contribution in [0, 0.1) is 0 Å². The maximum atomic E-state index is 5.87. The molecule has 0 aliphatic rings. The van der Waals surface area contributed by atoms with Crippen LogP contribution >= 0.6 is 11.3 Å². The van der Waals surface area contributed by atoms with Gasteiger partial charge in [-0.25, -0.2) is 0 Å². The molecule has 1 rings (SSSR count). The van der Waals surface area contributed by atoms with Gasteiger partial charge in [0.1, 0.15) is 0 Å². The van der Waals surface area contributed by atoms with E-state index in [-0.39, 0.29) is 0 Å². The molecular weight excluding hydrogens is 300 g/mol. The average Bonchev–Trinajstić information content (AvgIpc) is 2.97. The van der Waals surface area contributed by atoms with Gasteiger partial charge in [0.2, 0.25) is 0 Å². The average molecular weight is 331 g/mol. The van der Waals surface area contributed by atoms with E-state index in [0.29, 0.717) is 19.8 Å². The molecule has 0 radical (unpaired) electrons. The molecule has 0 saturated heterocycles. The van der Waals surface area contributed by atoms with Crippen LogP contribution in [0.15, 0.2) is 16.8 Å². The Hall–Kier alpha value is -0.203. The number of thiophene rings is 1. The lowest BCUT2D eigenvalue weighted by molar-refractivity contribution is 0.0706. The fraction of sp³-hybridized carbons (Fsp3) is 0.750. The van der Waals surface area contributed by atoms with Gasteiger partial charge >= 0.3 is 8.80 Å². The fourth-order valence-electron chi connectivity index (χ4n) is 2.46. The monoisotopic (exact) mass is 330 g/mol. The third-order valence-electron chi connectivity index (χ3n) is 3.37. The molecule has 0 amide bonds. The van der Waals surface area contributed by atoms with E-state index >= 15 is 0 Å². The molecule has 0 spiro atoms. The summed E-state index contributed by atoms with van der Waals surface area (Å²) in [7, 11) is -2.41. The second-order valence-corrected chi connectivity index (χ2v) is 8.54. The fourth-order valence-corrected chi connectivity index (χ4v) is 5.85. The predicted octanol–water partition coefficient (Wildman–Crippen LogP) is 4.90. The Morgan fingerprint density at radius 1 is 0.905 bits per heavy atom. The van der Waals surface area contributed by atoms with Gasteiger partial charge in [-0.1, -0.05) is 12.8 Å². The summed E-state index contributed by atoms with van der Waals surface area (Å²) in [6.07, 6.45) is 6.10. The van der Waals surface area contributed by atoms with E-state index in [0.717, 1.165) is 12.5 Å². The van der Waals surface area contributed by atoms with Crippen LogP contribution in [0.25, 0.3) is 0 Å². The van der Waals surface area contributed by atoms with E-state index in [2.05, 4.69) is 16.8 Å². The number of hydrogen-bond donors (Lipinski definition) is 0. The van der Waals surface area contributed by atoms with Crippen LogP contribution in [0.1, 0.15) is 52.0 Å². The summed E-state index contributed by atoms with van der Waals surface area (Å²) in [5.41, 5.74) is 1.47. The molecule has 0 aromatic carbocycles. The highest BCUT2D eigenvalue weighted by molar-refractivity contribution is 7.07. The van der Waals surface area contributed by atoms with Crippen molar-refractivity contribution >= 4 is 20.1 Å². The molecular formula is C16H30O3SSi. The molecule has 3 nitrogen and oxygen atoms in total. The van der Waals surface area contributed by atoms with E-state index in [9.17, 15) is 0 Å². The van der Waals surface area contributed by atoms with E-state index in [1.165, 1.54) is 31.2 Å². The Morgan fingerprint density at radius 2 is 1.52 bits per heavy atom. The molecule has 0 N–H and O–H groups in total. The molecule has 0 bridgehead atoms. The summed E-state index contributed by atoms with van der Waals surface area (Å²) >= 11 is 1.78. The van der Waals surface area contributed by atoms with Gasteiger partial charge in [-0.15, -0.1) is 0 Å². The molecule has 122 valence electrons. The maximum Gasteiger partial charge on any atom is 0.500 e. The quantitative estimate of drug-likeness (QED) is 0.380. The van der Waals surface area contributed by atoms with Crippen molar-refractivity contribution in [3.63, 3.8) is 0 Å². The highest BCUT2D eigenvalue weighted by atomic mass is 32.1. The first-order chi connectivity index (χ1) is 10.3. The van der Waals surface area contributed by atoms with Crippen LogP contribution in [0.4, 0.5) is 0 Å². The molecule has 0 aliphatic heterocycles. The number of rotatable bonds is 13. The lowest BCUT2D eigenvalue weighted by atomic mass is 10.1. The molecule has 1 aromatic heterocycles. The third kappa shape index (κ3) is 7.56. The van der Waals surface area contributed by atoms with Crippen molar-refractivity contribution in [1.29, 1.82) is 0 Å². The highest BCUT2D eigenvalue weighted by Crippen LogP contribution is 2.20. The van der Waals surface area contributed by atoms with Crippen molar-refractivity contribution in [2.75, 3.05) is 19.8 Å².